The van der Waals surface area contributed by atoms with Crippen LogP contribution < -0.4 is 10.6 Å². The Morgan fingerprint density at radius 3 is 2.55 bits per heavy atom. The third-order valence-corrected chi connectivity index (χ3v) is 6.77. The summed E-state index contributed by atoms with van der Waals surface area (Å²) in [6.45, 7) is 2.28. The van der Waals surface area contributed by atoms with E-state index in [1.54, 1.807) is 73.1 Å². The second-order valence-corrected chi connectivity index (χ2v) is 9.97. The maximum absolute atomic E-state index is 13.6. The van der Waals surface area contributed by atoms with Crippen LogP contribution in [0, 0.1) is 6.92 Å². The number of nitrogens with zero attached hydrogens (tertiary/aromatic N) is 2. The lowest BCUT2D eigenvalue weighted by Crippen LogP contribution is -2.46. The molecular weight excluding hydrogens is 528 g/mol. The Hall–Kier alpha value is -4.69. The molecule has 3 aromatic carbocycles. The molecule has 8 nitrogen and oxygen atoms in total. The molecule has 0 aliphatic carbocycles. The number of carbonyl (C=O) groups is 3. The van der Waals surface area contributed by atoms with Crippen LogP contribution in [0.4, 0.5) is 10.5 Å². The van der Waals surface area contributed by atoms with E-state index in [9.17, 15) is 14.4 Å². The van der Waals surface area contributed by atoms with Gasteiger partial charge in [-0.3, -0.25) is 19.5 Å². The van der Waals surface area contributed by atoms with Crippen molar-refractivity contribution in [3.63, 3.8) is 0 Å². The molecule has 1 saturated heterocycles. The van der Waals surface area contributed by atoms with Crippen LogP contribution in [-0.4, -0.2) is 33.8 Å². The molecule has 9 heteroatoms. The van der Waals surface area contributed by atoms with E-state index in [0.717, 1.165) is 16.7 Å². The zero-order valence-electron chi connectivity index (χ0n) is 21.7. The number of pyridine rings is 1. The summed E-state index contributed by atoms with van der Waals surface area (Å²) in [6.07, 6.45) is 1.79. The molecule has 1 aliphatic heterocycles. The van der Waals surface area contributed by atoms with Crippen LogP contribution in [0.3, 0.4) is 0 Å². The van der Waals surface area contributed by atoms with Gasteiger partial charge in [0.1, 0.15) is 0 Å². The van der Waals surface area contributed by atoms with Crippen LogP contribution >= 0.6 is 11.6 Å². The molecule has 4 aromatic rings. The molecule has 40 heavy (non-hydrogen) atoms. The summed E-state index contributed by atoms with van der Waals surface area (Å²) in [5.74, 6) is -0.645. The van der Waals surface area contributed by atoms with Crippen molar-refractivity contribution < 1.29 is 19.1 Å². The minimum absolute atomic E-state index is 0.130. The van der Waals surface area contributed by atoms with E-state index in [-0.39, 0.29) is 24.9 Å². The largest absolute Gasteiger partial charge is 0.438 e. The Bertz CT molecular complexity index is 1550. The highest BCUT2D eigenvalue weighted by Crippen LogP contribution is 2.35. The fourth-order valence-corrected chi connectivity index (χ4v) is 4.83. The van der Waals surface area contributed by atoms with Gasteiger partial charge in [-0.2, -0.15) is 0 Å². The van der Waals surface area contributed by atoms with Gasteiger partial charge in [-0.25, -0.2) is 4.79 Å². The van der Waals surface area contributed by atoms with Crippen molar-refractivity contribution in [1.82, 2.24) is 15.2 Å². The first-order chi connectivity index (χ1) is 19.4. The Balaban J connectivity index is 1.41. The minimum Gasteiger partial charge on any atom is -0.438 e. The standard InChI is InChI=1S/C31H27ClN4O4/c1-20-6-2-10-24(14-20)29(37)35-26-12-4-9-23(16-26)28-27(30(38)34-18-22-8-5-13-33-17-22)36(31(39)40-28)19-21-7-3-11-25(32)15-21/h2-17,27-28H,18-19H2,1H3,(H,34,38)(H,35,37). The van der Waals surface area contributed by atoms with Gasteiger partial charge in [0.2, 0.25) is 5.91 Å². The van der Waals surface area contributed by atoms with Gasteiger partial charge >= 0.3 is 6.09 Å². The van der Waals surface area contributed by atoms with Gasteiger partial charge in [0, 0.05) is 35.2 Å². The van der Waals surface area contributed by atoms with Gasteiger partial charge in [-0.1, -0.05) is 59.6 Å². The van der Waals surface area contributed by atoms with E-state index in [1.165, 1.54) is 4.90 Å². The van der Waals surface area contributed by atoms with Crippen LogP contribution in [0.25, 0.3) is 0 Å². The molecule has 2 N–H and O–H groups in total. The van der Waals surface area contributed by atoms with Gasteiger partial charge in [-0.05, 0) is 66.1 Å². The number of aromatic nitrogens is 1. The molecule has 202 valence electrons. The SMILES string of the molecule is Cc1cccc(C(=O)Nc2cccc(C3OC(=O)N(Cc4cccc(Cl)c4)C3C(=O)NCc3cccnc3)c2)c1. The second-order valence-electron chi connectivity index (χ2n) is 9.54. The number of aryl methyl sites for hydroxylation is 1. The van der Waals surface area contributed by atoms with Crippen molar-refractivity contribution in [2.75, 3.05) is 5.32 Å². The maximum Gasteiger partial charge on any atom is 0.411 e. The number of ether oxygens (including phenoxy) is 1. The van der Waals surface area contributed by atoms with Gasteiger partial charge in [-0.15, -0.1) is 0 Å². The number of carbonyl (C=O) groups excluding carboxylic acids is 3. The summed E-state index contributed by atoms with van der Waals surface area (Å²) >= 11 is 6.17. The van der Waals surface area contributed by atoms with Crippen molar-refractivity contribution in [3.8, 4) is 0 Å². The highest BCUT2D eigenvalue weighted by Gasteiger charge is 2.47. The van der Waals surface area contributed by atoms with E-state index in [1.807, 2.05) is 31.2 Å². The topological polar surface area (TPSA) is 101 Å². The van der Waals surface area contributed by atoms with Crippen molar-refractivity contribution >= 4 is 35.2 Å². The quantitative estimate of drug-likeness (QED) is 0.292. The Morgan fingerprint density at radius 1 is 0.975 bits per heavy atom. The third-order valence-electron chi connectivity index (χ3n) is 6.54. The summed E-state index contributed by atoms with van der Waals surface area (Å²) in [5, 5.41) is 6.33. The molecule has 2 unspecified atom stereocenters. The van der Waals surface area contributed by atoms with E-state index in [0.29, 0.717) is 21.8 Å². The molecule has 3 amide bonds. The van der Waals surface area contributed by atoms with Gasteiger partial charge in [0.25, 0.3) is 5.91 Å². The first-order valence-corrected chi connectivity index (χ1v) is 13.1. The number of anilines is 1. The smallest absolute Gasteiger partial charge is 0.411 e. The van der Waals surface area contributed by atoms with Crippen LogP contribution in [0.5, 0.6) is 0 Å². The number of amides is 3. The van der Waals surface area contributed by atoms with Gasteiger partial charge < -0.3 is 15.4 Å². The van der Waals surface area contributed by atoms with E-state index in [4.69, 9.17) is 16.3 Å². The fraction of sp³-hybridized carbons (Fsp3) is 0.161. The third kappa shape index (κ3) is 6.30. The van der Waals surface area contributed by atoms with Crippen molar-refractivity contribution in [3.05, 3.63) is 130 Å². The zero-order chi connectivity index (χ0) is 28.1. The molecular formula is C31H27ClN4O4. The van der Waals surface area contributed by atoms with Crippen molar-refractivity contribution in [2.24, 2.45) is 0 Å². The number of nitrogens with one attached hydrogen (secondary N) is 2. The molecule has 0 spiro atoms. The van der Waals surface area contributed by atoms with Gasteiger partial charge in [0.05, 0.1) is 6.54 Å². The second kappa shape index (κ2) is 12.0. The number of benzene rings is 3. The number of hydrogen-bond donors (Lipinski definition) is 2. The number of rotatable bonds is 8. The molecule has 5 rings (SSSR count). The Morgan fingerprint density at radius 2 is 1.77 bits per heavy atom. The Labute approximate surface area is 236 Å². The molecule has 2 heterocycles. The highest BCUT2D eigenvalue weighted by atomic mass is 35.5. The molecule has 1 aromatic heterocycles. The number of hydrogen-bond acceptors (Lipinski definition) is 5. The lowest BCUT2D eigenvalue weighted by molar-refractivity contribution is -0.126. The first kappa shape index (κ1) is 26.9. The highest BCUT2D eigenvalue weighted by molar-refractivity contribution is 6.30. The summed E-state index contributed by atoms with van der Waals surface area (Å²) in [7, 11) is 0. The monoisotopic (exact) mass is 554 g/mol. The van der Waals surface area contributed by atoms with E-state index >= 15 is 0 Å². The summed E-state index contributed by atoms with van der Waals surface area (Å²) in [6, 6.07) is 24.0. The van der Waals surface area contributed by atoms with E-state index in [2.05, 4.69) is 15.6 Å². The van der Waals surface area contributed by atoms with Crippen LogP contribution in [0.1, 0.15) is 38.7 Å². The van der Waals surface area contributed by atoms with Gasteiger partial charge in [0.15, 0.2) is 12.1 Å². The molecule has 2 atom stereocenters. The lowest BCUT2D eigenvalue weighted by atomic mass is 10.00. The summed E-state index contributed by atoms with van der Waals surface area (Å²) < 4.78 is 5.78. The lowest BCUT2D eigenvalue weighted by Gasteiger charge is -2.24. The fourth-order valence-electron chi connectivity index (χ4n) is 4.62. The zero-order valence-corrected chi connectivity index (χ0v) is 22.5. The average Bonchev–Trinajstić information content (AvgIpc) is 3.28. The molecule has 1 aliphatic rings. The molecule has 0 radical (unpaired) electrons. The normalized spacial score (nSPS) is 16.4. The summed E-state index contributed by atoms with van der Waals surface area (Å²) in [4.78, 5) is 45.0. The molecule has 1 fully saturated rings. The van der Waals surface area contributed by atoms with E-state index < -0.39 is 18.2 Å². The Kier molecular flexibility index (Phi) is 8.07. The molecule has 0 saturated carbocycles. The van der Waals surface area contributed by atoms with Crippen LogP contribution in [0.2, 0.25) is 5.02 Å². The predicted octanol–water partition coefficient (Wildman–Crippen LogP) is 5.67. The molecule has 0 bridgehead atoms. The minimum atomic E-state index is -0.967. The van der Waals surface area contributed by atoms with Crippen molar-refractivity contribution in [2.45, 2.75) is 32.2 Å². The van der Waals surface area contributed by atoms with Crippen LogP contribution in [-0.2, 0) is 22.6 Å². The maximum atomic E-state index is 13.6. The average molecular weight is 555 g/mol. The number of halogens is 1. The first-order valence-electron chi connectivity index (χ1n) is 12.7. The number of cyclic esters (lactones) is 1. The van der Waals surface area contributed by atoms with Crippen molar-refractivity contribution in [1.29, 1.82) is 0 Å². The summed E-state index contributed by atoms with van der Waals surface area (Å²) in [5.41, 5.74) is 4.17. The predicted molar refractivity (Wildman–Crippen MR) is 152 cm³/mol. The van der Waals surface area contributed by atoms with Crippen LogP contribution in [0.15, 0.2) is 97.3 Å².